The van der Waals surface area contributed by atoms with Crippen LogP contribution in [0.5, 0.6) is 11.5 Å². The predicted molar refractivity (Wildman–Crippen MR) is 119 cm³/mol. The molecule has 0 unspecified atom stereocenters. The van der Waals surface area contributed by atoms with Crippen molar-refractivity contribution in [2.45, 2.75) is 27.7 Å². The maximum atomic E-state index is 12.4. The van der Waals surface area contributed by atoms with Gasteiger partial charge in [-0.2, -0.15) is 0 Å². The lowest BCUT2D eigenvalue weighted by atomic mass is 10.1. The van der Waals surface area contributed by atoms with E-state index in [1.165, 1.54) is 0 Å². The number of hydrogen-bond donors (Lipinski definition) is 2. The number of anilines is 2. The van der Waals surface area contributed by atoms with E-state index < -0.39 is 0 Å². The van der Waals surface area contributed by atoms with Crippen LogP contribution in [0.4, 0.5) is 11.4 Å². The monoisotopic (exact) mass is 413 g/mol. The number of carbonyl (C=O) groups is 2. The predicted octanol–water partition coefficient (Wildman–Crippen LogP) is 3.61. The maximum Gasteiger partial charge on any atom is 0.238 e. The van der Waals surface area contributed by atoms with Gasteiger partial charge in [-0.25, -0.2) is 0 Å². The Morgan fingerprint density at radius 1 is 0.867 bits per heavy atom. The molecule has 0 saturated heterocycles. The summed E-state index contributed by atoms with van der Waals surface area (Å²) >= 11 is 0. The topological polar surface area (TPSA) is 79.9 Å². The van der Waals surface area contributed by atoms with Crippen LogP contribution < -0.4 is 20.1 Å². The molecule has 2 aromatic rings. The molecule has 30 heavy (non-hydrogen) atoms. The smallest absolute Gasteiger partial charge is 0.238 e. The van der Waals surface area contributed by atoms with E-state index in [1.54, 1.807) is 30.1 Å². The first-order valence-electron chi connectivity index (χ1n) is 10.1. The fraction of sp³-hybridized carbons (Fsp3) is 0.391. The summed E-state index contributed by atoms with van der Waals surface area (Å²) < 4.78 is 11.1. The molecule has 0 bridgehead atoms. The fourth-order valence-electron chi connectivity index (χ4n) is 2.94. The second-order valence-electron chi connectivity index (χ2n) is 7.11. The highest BCUT2D eigenvalue weighted by molar-refractivity contribution is 5.95. The quantitative estimate of drug-likeness (QED) is 0.622. The van der Waals surface area contributed by atoms with Crippen LogP contribution in [0.3, 0.4) is 0 Å². The molecule has 2 rings (SSSR count). The minimum Gasteiger partial charge on any atom is -0.490 e. The van der Waals surface area contributed by atoms with Gasteiger partial charge in [0.25, 0.3) is 0 Å². The molecule has 0 radical (unpaired) electrons. The van der Waals surface area contributed by atoms with Gasteiger partial charge >= 0.3 is 0 Å². The molecule has 0 heterocycles. The lowest BCUT2D eigenvalue weighted by Gasteiger charge is -2.17. The van der Waals surface area contributed by atoms with Crippen LogP contribution in [0.15, 0.2) is 36.4 Å². The first-order valence-corrected chi connectivity index (χ1v) is 10.1. The Hall–Kier alpha value is -3.06. The largest absolute Gasteiger partial charge is 0.490 e. The zero-order chi connectivity index (χ0) is 22.1. The summed E-state index contributed by atoms with van der Waals surface area (Å²) in [6, 6.07) is 11.2. The van der Waals surface area contributed by atoms with Crippen molar-refractivity contribution in [3.05, 3.63) is 47.5 Å². The zero-order valence-electron chi connectivity index (χ0n) is 18.4. The number of hydrogen-bond acceptors (Lipinski definition) is 5. The molecule has 0 spiro atoms. The van der Waals surface area contributed by atoms with E-state index >= 15 is 0 Å². The molecule has 0 fully saturated rings. The van der Waals surface area contributed by atoms with Gasteiger partial charge in [-0.05, 0) is 64.1 Å². The third kappa shape index (κ3) is 7.08. The molecular formula is C23H31N3O4. The van der Waals surface area contributed by atoms with E-state index in [1.807, 2.05) is 45.9 Å². The van der Waals surface area contributed by atoms with Crippen molar-refractivity contribution in [2.75, 3.05) is 44.0 Å². The second-order valence-corrected chi connectivity index (χ2v) is 7.11. The van der Waals surface area contributed by atoms with Crippen molar-refractivity contribution >= 4 is 23.2 Å². The average molecular weight is 414 g/mol. The Morgan fingerprint density at radius 3 is 2.17 bits per heavy atom. The summed E-state index contributed by atoms with van der Waals surface area (Å²) in [6.07, 6.45) is 0. The maximum absolute atomic E-state index is 12.4. The van der Waals surface area contributed by atoms with Crippen molar-refractivity contribution in [1.82, 2.24) is 4.90 Å². The SMILES string of the molecule is CCOc1ccc(NC(=O)CN(C)CC(=O)Nc2cc(C)ccc2C)cc1OCC. The van der Waals surface area contributed by atoms with E-state index in [2.05, 4.69) is 10.6 Å². The lowest BCUT2D eigenvalue weighted by Crippen LogP contribution is -2.36. The second kappa shape index (κ2) is 11.2. The number of amides is 2. The normalized spacial score (nSPS) is 10.6. The van der Waals surface area contributed by atoms with Gasteiger partial charge < -0.3 is 20.1 Å². The van der Waals surface area contributed by atoms with Gasteiger partial charge in [0.2, 0.25) is 11.8 Å². The molecule has 162 valence electrons. The number of benzene rings is 2. The number of nitrogens with one attached hydrogen (secondary N) is 2. The number of likely N-dealkylation sites (N-methyl/N-ethyl adjacent to an activating group) is 1. The summed E-state index contributed by atoms with van der Waals surface area (Å²) in [4.78, 5) is 26.4. The third-order valence-electron chi connectivity index (χ3n) is 4.32. The van der Waals surface area contributed by atoms with Gasteiger partial charge in [0.05, 0.1) is 26.3 Å². The van der Waals surface area contributed by atoms with Crippen molar-refractivity contribution in [1.29, 1.82) is 0 Å². The standard InChI is InChI=1S/C23H31N3O4/c1-6-29-20-11-10-18(13-21(20)30-7-2)24-22(27)14-26(5)15-23(28)25-19-12-16(3)8-9-17(19)4/h8-13H,6-7,14-15H2,1-5H3,(H,24,27)(H,25,28). The van der Waals surface area contributed by atoms with E-state index in [-0.39, 0.29) is 24.9 Å². The van der Waals surface area contributed by atoms with Gasteiger partial charge in [-0.15, -0.1) is 0 Å². The summed E-state index contributed by atoms with van der Waals surface area (Å²) in [5.41, 5.74) is 3.47. The summed E-state index contributed by atoms with van der Waals surface area (Å²) in [6.45, 7) is 8.92. The Labute approximate surface area is 178 Å². The van der Waals surface area contributed by atoms with Gasteiger partial charge in [0.15, 0.2) is 11.5 Å². The first-order chi connectivity index (χ1) is 14.3. The van der Waals surface area contributed by atoms with Crippen LogP contribution in [0.25, 0.3) is 0 Å². The van der Waals surface area contributed by atoms with E-state index in [0.717, 1.165) is 16.8 Å². The molecule has 7 heteroatoms. The fourth-order valence-corrected chi connectivity index (χ4v) is 2.94. The molecule has 0 aliphatic rings. The Kier molecular flexibility index (Phi) is 8.68. The molecule has 2 amide bonds. The van der Waals surface area contributed by atoms with Gasteiger partial charge in [0, 0.05) is 17.4 Å². The van der Waals surface area contributed by atoms with E-state index in [4.69, 9.17) is 9.47 Å². The van der Waals surface area contributed by atoms with Gasteiger partial charge in [0.1, 0.15) is 0 Å². The van der Waals surface area contributed by atoms with E-state index in [0.29, 0.717) is 30.4 Å². The van der Waals surface area contributed by atoms with Crippen molar-refractivity contribution in [2.24, 2.45) is 0 Å². The van der Waals surface area contributed by atoms with Crippen LogP contribution in [0.1, 0.15) is 25.0 Å². The number of nitrogens with zero attached hydrogens (tertiary/aromatic N) is 1. The van der Waals surface area contributed by atoms with Gasteiger partial charge in [-0.1, -0.05) is 12.1 Å². The average Bonchev–Trinajstić information content (AvgIpc) is 2.66. The van der Waals surface area contributed by atoms with E-state index in [9.17, 15) is 9.59 Å². The van der Waals surface area contributed by atoms with Crippen LogP contribution in [-0.2, 0) is 9.59 Å². The highest BCUT2D eigenvalue weighted by Crippen LogP contribution is 2.30. The summed E-state index contributed by atoms with van der Waals surface area (Å²) in [5.74, 6) is 0.832. The highest BCUT2D eigenvalue weighted by Gasteiger charge is 2.13. The van der Waals surface area contributed by atoms with Crippen LogP contribution in [0.2, 0.25) is 0 Å². The number of carbonyl (C=O) groups excluding carboxylic acids is 2. The number of ether oxygens (including phenoxy) is 2. The molecule has 0 aliphatic carbocycles. The summed E-state index contributed by atoms with van der Waals surface area (Å²) in [7, 11) is 1.73. The molecule has 2 aromatic carbocycles. The third-order valence-corrected chi connectivity index (χ3v) is 4.32. The van der Waals surface area contributed by atoms with Crippen LogP contribution in [-0.4, -0.2) is 50.1 Å². The van der Waals surface area contributed by atoms with Crippen LogP contribution >= 0.6 is 0 Å². The first kappa shape index (κ1) is 23.2. The van der Waals surface area contributed by atoms with Crippen LogP contribution in [0, 0.1) is 13.8 Å². The number of aryl methyl sites for hydroxylation is 2. The Morgan fingerprint density at radius 2 is 1.50 bits per heavy atom. The summed E-state index contributed by atoms with van der Waals surface area (Å²) in [5, 5.41) is 5.73. The van der Waals surface area contributed by atoms with Crippen molar-refractivity contribution in [3.8, 4) is 11.5 Å². The van der Waals surface area contributed by atoms with Crippen molar-refractivity contribution in [3.63, 3.8) is 0 Å². The molecule has 0 aromatic heterocycles. The minimum absolute atomic E-state index is 0.0808. The molecule has 0 saturated carbocycles. The minimum atomic E-state index is -0.219. The van der Waals surface area contributed by atoms with Gasteiger partial charge in [-0.3, -0.25) is 14.5 Å². The number of rotatable bonds is 10. The van der Waals surface area contributed by atoms with Crippen molar-refractivity contribution < 1.29 is 19.1 Å². The zero-order valence-corrected chi connectivity index (χ0v) is 18.4. The molecule has 7 nitrogen and oxygen atoms in total. The molecule has 0 aliphatic heterocycles. The Bertz CT molecular complexity index is 883. The highest BCUT2D eigenvalue weighted by atomic mass is 16.5. The molecule has 0 atom stereocenters. The lowest BCUT2D eigenvalue weighted by molar-refractivity contribution is -0.119. The molecule has 2 N–H and O–H groups in total. The molecular weight excluding hydrogens is 382 g/mol. The Balaban J connectivity index is 1.90.